The molecule has 0 N–H and O–H groups in total. The van der Waals surface area contributed by atoms with Crippen LogP contribution in [0.15, 0.2) is 42.5 Å². The predicted octanol–water partition coefficient (Wildman–Crippen LogP) is 0.672. The highest BCUT2D eigenvalue weighted by molar-refractivity contribution is 6.30. The van der Waals surface area contributed by atoms with E-state index in [0.29, 0.717) is 0 Å². The molecular formula is C16H15BrClNO. The molecule has 1 aliphatic heterocycles. The number of hydrogen-bond acceptors (Lipinski definition) is 1. The van der Waals surface area contributed by atoms with Gasteiger partial charge in [0.25, 0.3) is 0 Å². The topological polar surface area (TPSA) is 12.2 Å². The summed E-state index contributed by atoms with van der Waals surface area (Å²) in [7, 11) is 1.71. The molecule has 0 saturated carbocycles. The van der Waals surface area contributed by atoms with Crippen LogP contribution in [-0.2, 0) is 6.42 Å². The van der Waals surface area contributed by atoms with E-state index in [-0.39, 0.29) is 17.0 Å². The molecule has 0 atom stereocenters. The van der Waals surface area contributed by atoms with Gasteiger partial charge in [-0.1, -0.05) is 29.8 Å². The van der Waals surface area contributed by atoms with Gasteiger partial charge in [-0.05, 0) is 17.7 Å². The SMILES string of the molecule is COc1cccc2c1C=[N+](c1cccc(Cl)c1)CC2.[Br-]. The Morgan fingerprint density at radius 2 is 1.95 bits per heavy atom. The maximum atomic E-state index is 6.06. The van der Waals surface area contributed by atoms with Crippen molar-refractivity contribution in [3.63, 3.8) is 0 Å². The van der Waals surface area contributed by atoms with Crippen molar-refractivity contribution >= 4 is 23.5 Å². The summed E-state index contributed by atoms with van der Waals surface area (Å²) in [5.41, 5.74) is 3.61. The quantitative estimate of drug-likeness (QED) is 0.724. The Balaban J connectivity index is 0.00000147. The van der Waals surface area contributed by atoms with E-state index in [9.17, 15) is 0 Å². The fourth-order valence-corrected chi connectivity index (χ4v) is 2.64. The molecule has 1 aliphatic rings. The van der Waals surface area contributed by atoms with Gasteiger partial charge in [0.05, 0.1) is 12.7 Å². The molecule has 2 nitrogen and oxygen atoms in total. The Hall–Kier alpha value is -1.32. The molecule has 0 radical (unpaired) electrons. The Kier molecular flexibility index (Phi) is 4.84. The van der Waals surface area contributed by atoms with Crippen LogP contribution >= 0.6 is 11.6 Å². The molecule has 0 amide bonds. The number of ether oxygens (including phenoxy) is 1. The minimum absolute atomic E-state index is 0. The lowest BCUT2D eigenvalue weighted by atomic mass is 10.0. The third-order valence-electron chi connectivity index (χ3n) is 3.42. The van der Waals surface area contributed by atoms with Gasteiger partial charge in [-0.3, -0.25) is 0 Å². The van der Waals surface area contributed by atoms with Gasteiger partial charge in [-0.25, -0.2) is 0 Å². The van der Waals surface area contributed by atoms with Gasteiger partial charge in [-0.15, -0.1) is 0 Å². The summed E-state index contributed by atoms with van der Waals surface area (Å²) in [6, 6.07) is 14.1. The third kappa shape index (κ3) is 2.89. The van der Waals surface area contributed by atoms with E-state index in [0.717, 1.165) is 35.0 Å². The first-order valence-electron chi connectivity index (χ1n) is 6.31. The van der Waals surface area contributed by atoms with Crippen LogP contribution in [0, 0.1) is 0 Å². The van der Waals surface area contributed by atoms with Crippen molar-refractivity contribution in [1.82, 2.24) is 0 Å². The summed E-state index contributed by atoms with van der Waals surface area (Å²) in [6.45, 7) is 0.959. The van der Waals surface area contributed by atoms with Crippen LogP contribution in [-0.4, -0.2) is 24.4 Å². The molecule has 1 heterocycles. The lowest BCUT2D eigenvalue weighted by Crippen LogP contribution is -3.00. The average molecular weight is 353 g/mol. The third-order valence-corrected chi connectivity index (χ3v) is 3.66. The maximum Gasteiger partial charge on any atom is 0.206 e. The van der Waals surface area contributed by atoms with Gasteiger partial charge in [0.15, 0.2) is 12.8 Å². The molecular weight excluding hydrogens is 338 g/mol. The fourth-order valence-electron chi connectivity index (χ4n) is 2.45. The minimum atomic E-state index is 0. The van der Waals surface area contributed by atoms with Crippen LogP contribution in [0.2, 0.25) is 5.02 Å². The zero-order valence-corrected chi connectivity index (χ0v) is 13.5. The number of rotatable bonds is 2. The lowest BCUT2D eigenvalue weighted by Gasteiger charge is -2.14. The van der Waals surface area contributed by atoms with Crippen LogP contribution in [0.4, 0.5) is 5.69 Å². The molecule has 4 heteroatoms. The van der Waals surface area contributed by atoms with E-state index < -0.39 is 0 Å². The van der Waals surface area contributed by atoms with Gasteiger partial charge in [-0.2, -0.15) is 4.58 Å². The van der Waals surface area contributed by atoms with E-state index >= 15 is 0 Å². The van der Waals surface area contributed by atoms with Crippen molar-refractivity contribution < 1.29 is 26.3 Å². The minimum Gasteiger partial charge on any atom is -1.00 e. The smallest absolute Gasteiger partial charge is 0.206 e. The van der Waals surface area contributed by atoms with E-state index in [1.54, 1.807) is 7.11 Å². The number of benzene rings is 2. The van der Waals surface area contributed by atoms with Crippen LogP contribution in [0.1, 0.15) is 11.1 Å². The van der Waals surface area contributed by atoms with Crippen LogP contribution < -0.4 is 21.7 Å². The number of methoxy groups -OCH3 is 1. The highest BCUT2D eigenvalue weighted by Crippen LogP contribution is 2.26. The highest BCUT2D eigenvalue weighted by Gasteiger charge is 2.20. The fraction of sp³-hybridized carbons (Fsp3) is 0.188. The Labute approximate surface area is 134 Å². The van der Waals surface area contributed by atoms with E-state index in [1.165, 1.54) is 5.56 Å². The first kappa shape index (κ1) is 15.1. The standard InChI is InChI=1S/C16H15ClNO.BrH/c1-19-16-7-2-4-12-8-9-18(11-15(12)16)14-6-3-5-13(17)10-14;/h2-7,10-11H,8-9H2,1H3;1H/q+1;/p-1. The normalized spacial score (nSPS) is 13.0. The molecule has 0 fully saturated rings. The molecule has 0 bridgehead atoms. The Morgan fingerprint density at radius 3 is 2.70 bits per heavy atom. The van der Waals surface area contributed by atoms with Crippen molar-refractivity contribution in [2.24, 2.45) is 0 Å². The number of hydrogen-bond donors (Lipinski definition) is 0. The van der Waals surface area contributed by atoms with Crippen molar-refractivity contribution in [3.05, 3.63) is 58.6 Å². The molecule has 0 aromatic heterocycles. The molecule has 20 heavy (non-hydrogen) atoms. The van der Waals surface area contributed by atoms with E-state index in [2.05, 4.69) is 22.9 Å². The molecule has 104 valence electrons. The summed E-state index contributed by atoms with van der Waals surface area (Å²) in [6.07, 6.45) is 3.15. The number of nitrogens with zero attached hydrogens (tertiary/aromatic N) is 1. The zero-order valence-electron chi connectivity index (χ0n) is 11.1. The second-order valence-electron chi connectivity index (χ2n) is 4.59. The van der Waals surface area contributed by atoms with Crippen molar-refractivity contribution in [2.45, 2.75) is 6.42 Å². The molecule has 2 aromatic rings. The van der Waals surface area contributed by atoms with Crippen LogP contribution in [0.3, 0.4) is 0 Å². The highest BCUT2D eigenvalue weighted by atomic mass is 79.9. The first-order valence-corrected chi connectivity index (χ1v) is 6.68. The predicted molar refractivity (Wildman–Crippen MR) is 78.1 cm³/mol. The monoisotopic (exact) mass is 351 g/mol. The maximum absolute atomic E-state index is 6.06. The number of fused-ring (bicyclic) bond motifs is 1. The summed E-state index contributed by atoms with van der Waals surface area (Å²) >= 11 is 6.06. The van der Waals surface area contributed by atoms with Crippen molar-refractivity contribution in [1.29, 1.82) is 0 Å². The van der Waals surface area contributed by atoms with Crippen molar-refractivity contribution in [3.8, 4) is 5.75 Å². The molecule has 3 rings (SSSR count). The van der Waals surface area contributed by atoms with Crippen molar-refractivity contribution in [2.75, 3.05) is 13.7 Å². The van der Waals surface area contributed by atoms with Gasteiger partial charge >= 0.3 is 0 Å². The van der Waals surface area contributed by atoms with Gasteiger partial charge < -0.3 is 21.7 Å². The molecule has 0 unspecified atom stereocenters. The number of halogens is 2. The van der Waals surface area contributed by atoms with Crippen LogP contribution in [0.25, 0.3) is 0 Å². The largest absolute Gasteiger partial charge is 1.00 e. The molecule has 0 spiro atoms. The summed E-state index contributed by atoms with van der Waals surface area (Å²) in [5, 5.41) is 0.761. The Morgan fingerprint density at radius 1 is 1.15 bits per heavy atom. The first-order chi connectivity index (χ1) is 9.28. The van der Waals surface area contributed by atoms with E-state index in [4.69, 9.17) is 16.3 Å². The summed E-state index contributed by atoms with van der Waals surface area (Å²) in [5.74, 6) is 0.921. The lowest BCUT2D eigenvalue weighted by molar-refractivity contribution is -0.436. The van der Waals surface area contributed by atoms with Gasteiger partial charge in [0, 0.05) is 23.6 Å². The summed E-state index contributed by atoms with van der Waals surface area (Å²) in [4.78, 5) is 0. The molecule has 0 aliphatic carbocycles. The van der Waals surface area contributed by atoms with Gasteiger partial charge in [0.1, 0.15) is 5.75 Å². The average Bonchev–Trinajstić information content (AvgIpc) is 2.46. The second-order valence-corrected chi connectivity index (χ2v) is 5.02. The zero-order chi connectivity index (χ0) is 13.2. The second kappa shape index (κ2) is 6.42. The summed E-state index contributed by atoms with van der Waals surface area (Å²) < 4.78 is 7.66. The van der Waals surface area contributed by atoms with Gasteiger partial charge in [0.2, 0.25) is 5.69 Å². The molecule has 2 aromatic carbocycles. The Bertz CT molecular complexity index is 655. The van der Waals surface area contributed by atoms with E-state index in [1.807, 2.05) is 30.3 Å². The molecule has 0 saturated heterocycles. The van der Waals surface area contributed by atoms with Crippen LogP contribution in [0.5, 0.6) is 5.75 Å².